The predicted molar refractivity (Wildman–Crippen MR) is 74.2 cm³/mol. The van der Waals surface area contributed by atoms with Gasteiger partial charge in [0.05, 0.1) is 12.0 Å². The number of alkyl halides is 3. The second-order valence-corrected chi connectivity index (χ2v) is 5.31. The van der Waals surface area contributed by atoms with E-state index in [2.05, 4.69) is 5.32 Å². The lowest BCUT2D eigenvalue weighted by atomic mass is 9.95. The number of hydrogen-bond donors (Lipinski definition) is 2. The summed E-state index contributed by atoms with van der Waals surface area (Å²) >= 11 is 0. The van der Waals surface area contributed by atoms with Crippen molar-refractivity contribution in [3.05, 3.63) is 35.4 Å². The van der Waals surface area contributed by atoms with E-state index >= 15 is 0 Å². The van der Waals surface area contributed by atoms with Crippen molar-refractivity contribution < 1.29 is 27.9 Å². The zero-order chi connectivity index (χ0) is 17.0. The van der Waals surface area contributed by atoms with E-state index in [0.717, 1.165) is 12.1 Å². The number of carbonyl (C=O) groups excluding carboxylic acids is 1. The van der Waals surface area contributed by atoms with Crippen molar-refractivity contribution >= 4 is 11.9 Å². The molecule has 0 saturated heterocycles. The molecule has 22 heavy (non-hydrogen) atoms. The summed E-state index contributed by atoms with van der Waals surface area (Å²) in [6.07, 6.45) is -4.01. The topological polar surface area (TPSA) is 66.4 Å². The van der Waals surface area contributed by atoms with Crippen molar-refractivity contribution in [2.45, 2.75) is 44.8 Å². The Morgan fingerprint density at radius 1 is 1.27 bits per heavy atom. The Labute approximate surface area is 126 Å². The van der Waals surface area contributed by atoms with E-state index < -0.39 is 29.2 Å². The van der Waals surface area contributed by atoms with Gasteiger partial charge in [0.15, 0.2) is 0 Å². The monoisotopic (exact) mass is 317 g/mol. The normalized spacial score (nSPS) is 14.2. The minimum Gasteiger partial charge on any atom is -0.480 e. The Morgan fingerprint density at radius 2 is 1.91 bits per heavy atom. The number of benzene rings is 1. The molecular weight excluding hydrogens is 299 g/mol. The van der Waals surface area contributed by atoms with Gasteiger partial charge in [-0.3, -0.25) is 4.79 Å². The SMILES string of the molecule is CCCC(C)(NC(=O)Cc1cccc(C(F)(F)F)c1)C(=O)O. The van der Waals surface area contributed by atoms with Gasteiger partial charge < -0.3 is 10.4 Å². The molecule has 1 amide bonds. The molecule has 0 bridgehead atoms. The van der Waals surface area contributed by atoms with Crippen LogP contribution < -0.4 is 5.32 Å². The van der Waals surface area contributed by atoms with Crippen LogP contribution in [0.5, 0.6) is 0 Å². The number of halogens is 3. The van der Waals surface area contributed by atoms with E-state index in [4.69, 9.17) is 5.11 Å². The molecule has 4 nitrogen and oxygen atoms in total. The summed E-state index contributed by atoms with van der Waals surface area (Å²) < 4.78 is 37.8. The van der Waals surface area contributed by atoms with E-state index in [-0.39, 0.29) is 18.4 Å². The molecule has 0 aliphatic carbocycles. The van der Waals surface area contributed by atoms with Gasteiger partial charge in [0.1, 0.15) is 5.54 Å². The molecule has 0 aromatic heterocycles. The summed E-state index contributed by atoms with van der Waals surface area (Å²) in [7, 11) is 0. The summed E-state index contributed by atoms with van der Waals surface area (Å²) in [6.45, 7) is 3.16. The minimum absolute atomic E-state index is 0.177. The second-order valence-electron chi connectivity index (χ2n) is 5.31. The van der Waals surface area contributed by atoms with Crippen molar-refractivity contribution in [3.8, 4) is 0 Å². The Bertz CT molecular complexity index is 557. The molecule has 0 heterocycles. The first-order chi connectivity index (χ1) is 10.1. The van der Waals surface area contributed by atoms with Crippen LogP contribution in [-0.4, -0.2) is 22.5 Å². The van der Waals surface area contributed by atoms with Gasteiger partial charge in [-0.05, 0) is 25.0 Å². The van der Waals surface area contributed by atoms with Crippen molar-refractivity contribution in [1.82, 2.24) is 5.32 Å². The molecule has 1 rings (SSSR count). The highest BCUT2D eigenvalue weighted by atomic mass is 19.4. The lowest BCUT2D eigenvalue weighted by molar-refractivity contribution is -0.147. The number of amides is 1. The summed E-state index contributed by atoms with van der Waals surface area (Å²) in [5, 5.41) is 11.5. The third-order valence-electron chi connectivity index (χ3n) is 3.26. The summed E-state index contributed by atoms with van der Waals surface area (Å²) in [5.74, 6) is -1.80. The van der Waals surface area contributed by atoms with Crippen LogP contribution >= 0.6 is 0 Å². The molecule has 0 aliphatic rings. The molecular formula is C15H18F3NO3. The van der Waals surface area contributed by atoms with Gasteiger partial charge in [-0.25, -0.2) is 4.79 Å². The molecule has 122 valence electrons. The van der Waals surface area contributed by atoms with Gasteiger partial charge in [0.25, 0.3) is 0 Å². The molecule has 0 fully saturated rings. The molecule has 0 aliphatic heterocycles. The lowest BCUT2D eigenvalue weighted by Crippen LogP contribution is -2.52. The first-order valence-corrected chi connectivity index (χ1v) is 6.79. The molecule has 1 aromatic rings. The molecule has 0 radical (unpaired) electrons. The summed E-state index contributed by atoms with van der Waals surface area (Å²) in [5.41, 5.74) is -2.09. The number of rotatable bonds is 6. The average molecular weight is 317 g/mol. The highest BCUT2D eigenvalue weighted by Crippen LogP contribution is 2.29. The number of nitrogens with one attached hydrogen (secondary N) is 1. The molecule has 7 heteroatoms. The van der Waals surface area contributed by atoms with Gasteiger partial charge in [0, 0.05) is 0 Å². The van der Waals surface area contributed by atoms with Crippen LogP contribution in [-0.2, 0) is 22.2 Å². The van der Waals surface area contributed by atoms with Gasteiger partial charge >= 0.3 is 12.1 Å². The fourth-order valence-corrected chi connectivity index (χ4v) is 2.12. The highest BCUT2D eigenvalue weighted by molar-refractivity contribution is 5.87. The van der Waals surface area contributed by atoms with Crippen LogP contribution in [0.1, 0.15) is 37.8 Å². The van der Waals surface area contributed by atoms with Crippen LogP contribution in [0.2, 0.25) is 0 Å². The quantitative estimate of drug-likeness (QED) is 0.847. The van der Waals surface area contributed by atoms with Gasteiger partial charge in [-0.1, -0.05) is 31.5 Å². The van der Waals surface area contributed by atoms with E-state index in [1.54, 1.807) is 6.92 Å². The van der Waals surface area contributed by atoms with Gasteiger partial charge in [-0.2, -0.15) is 13.2 Å². The molecule has 1 unspecified atom stereocenters. The molecule has 1 atom stereocenters. The number of aliphatic carboxylic acids is 1. The Morgan fingerprint density at radius 3 is 2.41 bits per heavy atom. The number of carboxylic acids is 1. The van der Waals surface area contributed by atoms with Crippen molar-refractivity contribution in [3.63, 3.8) is 0 Å². The van der Waals surface area contributed by atoms with Crippen LogP contribution in [0.15, 0.2) is 24.3 Å². The van der Waals surface area contributed by atoms with E-state index in [1.807, 2.05) is 0 Å². The van der Waals surface area contributed by atoms with Gasteiger partial charge in [0.2, 0.25) is 5.91 Å². The number of hydrogen-bond acceptors (Lipinski definition) is 2. The maximum absolute atomic E-state index is 12.6. The van der Waals surface area contributed by atoms with Crippen LogP contribution in [0, 0.1) is 0 Å². The number of carbonyl (C=O) groups is 2. The van der Waals surface area contributed by atoms with E-state index in [1.165, 1.54) is 19.1 Å². The van der Waals surface area contributed by atoms with Crippen LogP contribution in [0.25, 0.3) is 0 Å². The molecule has 1 aromatic carbocycles. The Kier molecular flexibility index (Phi) is 5.57. The summed E-state index contributed by atoms with van der Waals surface area (Å²) in [4.78, 5) is 23.1. The minimum atomic E-state index is -4.48. The zero-order valence-corrected chi connectivity index (χ0v) is 12.3. The standard InChI is InChI=1S/C15H18F3NO3/c1-3-7-14(2,13(21)22)19-12(20)9-10-5-4-6-11(8-10)15(16,17)18/h4-6,8H,3,7,9H2,1-2H3,(H,19,20)(H,21,22). The van der Waals surface area contributed by atoms with E-state index in [9.17, 15) is 22.8 Å². The predicted octanol–water partition coefficient (Wildman–Crippen LogP) is 3.01. The number of carboxylic acid groups (broad SMARTS) is 1. The average Bonchev–Trinajstić information content (AvgIpc) is 2.37. The van der Waals surface area contributed by atoms with Crippen LogP contribution in [0.4, 0.5) is 13.2 Å². The molecule has 0 spiro atoms. The third-order valence-corrected chi connectivity index (χ3v) is 3.26. The Hall–Kier alpha value is -2.05. The maximum Gasteiger partial charge on any atom is 0.416 e. The van der Waals surface area contributed by atoms with Crippen LogP contribution in [0.3, 0.4) is 0 Å². The maximum atomic E-state index is 12.6. The van der Waals surface area contributed by atoms with Crippen molar-refractivity contribution in [2.75, 3.05) is 0 Å². The van der Waals surface area contributed by atoms with E-state index in [0.29, 0.717) is 6.42 Å². The molecule has 2 N–H and O–H groups in total. The fraction of sp³-hybridized carbons (Fsp3) is 0.467. The second kappa shape index (κ2) is 6.81. The smallest absolute Gasteiger partial charge is 0.416 e. The van der Waals surface area contributed by atoms with Gasteiger partial charge in [-0.15, -0.1) is 0 Å². The first kappa shape index (κ1) is 18.0. The third kappa shape index (κ3) is 4.75. The Balaban J connectivity index is 2.83. The zero-order valence-electron chi connectivity index (χ0n) is 12.3. The summed E-state index contributed by atoms with van der Waals surface area (Å²) in [6, 6.07) is 4.41. The highest BCUT2D eigenvalue weighted by Gasteiger charge is 2.34. The van der Waals surface area contributed by atoms with Crippen molar-refractivity contribution in [2.24, 2.45) is 0 Å². The molecule has 0 saturated carbocycles. The fourth-order valence-electron chi connectivity index (χ4n) is 2.12. The largest absolute Gasteiger partial charge is 0.480 e. The van der Waals surface area contributed by atoms with Crippen molar-refractivity contribution in [1.29, 1.82) is 0 Å². The first-order valence-electron chi connectivity index (χ1n) is 6.79. The lowest BCUT2D eigenvalue weighted by Gasteiger charge is -2.25.